The molecule has 1 radical (unpaired) electrons. The molecule has 11 rings (SSSR count). The molecule has 4 aromatic heterocycles. The van der Waals surface area contributed by atoms with Gasteiger partial charge in [-0.05, 0) is 93.6 Å². The standard InChI is InChI=1S/C45H36N3O.C14H16NSi.Ir/c1-26(2)35-22-30(29-14-7-6-8-15-29)23-36(27(3)4)43(35)48-41-21-12-11-20-39(41)47-45(48)34-19-13-18-33-38-24-40-37(25-42(38)49-44(33)34)32-17-10-9-16-31(32)28(5)46-40;1-16(2,3)13-9-10-14(15-11-13)12-7-5-4-6-8-12;/h6-18,20-27H,1-5H3;4-7,9-11H,1-3H3;/q2*-1;/i5D3;;. The molecular formula is C59H52IrN4OSi-2. The van der Waals surface area contributed by atoms with E-state index in [-0.39, 0.29) is 37.6 Å². The minimum absolute atomic E-state index is 0. The van der Waals surface area contributed by atoms with Crippen LogP contribution in [0.3, 0.4) is 0 Å². The molecule has 0 aliphatic carbocycles. The fraction of sp³-hybridized carbons (Fsp3) is 0.169. The van der Waals surface area contributed by atoms with Gasteiger partial charge in [0.15, 0.2) is 0 Å². The molecule has 4 heterocycles. The fourth-order valence-corrected chi connectivity index (χ4v) is 9.98. The molecule has 0 saturated heterocycles. The molecule has 0 spiro atoms. The minimum Gasteiger partial charge on any atom is -0.501 e. The smallest absolute Gasteiger partial charge is 0.121 e. The molecule has 0 aliphatic heterocycles. The third kappa shape index (κ3) is 8.21. The van der Waals surface area contributed by atoms with Gasteiger partial charge in [-0.25, -0.2) is 0 Å². The first-order valence-electron chi connectivity index (χ1n) is 23.9. The van der Waals surface area contributed by atoms with Gasteiger partial charge in [-0.3, -0.25) is 9.97 Å². The molecule has 7 aromatic carbocycles. The van der Waals surface area contributed by atoms with Gasteiger partial charge < -0.3 is 14.0 Å². The van der Waals surface area contributed by atoms with Gasteiger partial charge in [-0.1, -0.05) is 137 Å². The van der Waals surface area contributed by atoms with Crippen LogP contribution in [0.25, 0.3) is 94.1 Å². The van der Waals surface area contributed by atoms with Gasteiger partial charge in [0.2, 0.25) is 0 Å². The molecule has 7 heteroatoms. The van der Waals surface area contributed by atoms with Crippen LogP contribution in [-0.4, -0.2) is 27.6 Å². The summed E-state index contributed by atoms with van der Waals surface area (Å²) in [6.07, 6.45) is 2.02. The van der Waals surface area contributed by atoms with E-state index < -0.39 is 14.9 Å². The van der Waals surface area contributed by atoms with Crippen molar-refractivity contribution >= 4 is 67.9 Å². The Balaban J connectivity index is 0.000000296. The second-order valence-electron chi connectivity index (χ2n) is 18.5. The van der Waals surface area contributed by atoms with Crippen LogP contribution >= 0.6 is 0 Å². The molecule has 0 atom stereocenters. The first-order valence-corrected chi connectivity index (χ1v) is 25.9. The molecule has 11 aromatic rings. The summed E-state index contributed by atoms with van der Waals surface area (Å²) in [5, 5.41) is 5.44. The Morgan fingerprint density at radius 1 is 0.621 bits per heavy atom. The van der Waals surface area contributed by atoms with Crippen molar-refractivity contribution in [2.45, 2.75) is 66.0 Å². The van der Waals surface area contributed by atoms with E-state index in [9.17, 15) is 0 Å². The molecule has 0 bridgehead atoms. The number of fused-ring (bicyclic) bond motifs is 7. The molecule has 0 N–H and O–H groups in total. The molecule has 0 amide bonds. The number of imidazole rings is 1. The third-order valence-corrected chi connectivity index (χ3v) is 14.4. The van der Waals surface area contributed by atoms with Crippen LogP contribution in [0.1, 0.15) is 60.5 Å². The van der Waals surface area contributed by atoms with Gasteiger partial charge in [0, 0.05) is 58.0 Å². The van der Waals surface area contributed by atoms with Crippen molar-refractivity contribution in [3.63, 3.8) is 0 Å². The summed E-state index contributed by atoms with van der Waals surface area (Å²) in [5.74, 6) is 1.20. The van der Waals surface area contributed by atoms with E-state index in [1.807, 2.05) is 85.1 Å². The number of furan rings is 1. The summed E-state index contributed by atoms with van der Waals surface area (Å²) >= 11 is 0. The zero-order chi connectivity index (χ0) is 47.5. The summed E-state index contributed by atoms with van der Waals surface area (Å²) < 4.78 is 33.8. The Morgan fingerprint density at radius 3 is 2.02 bits per heavy atom. The fourth-order valence-electron chi connectivity index (χ4n) is 8.94. The van der Waals surface area contributed by atoms with Crippen LogP contribution < -0.4 is 5.19 Å². The normalized spacial score (nSPS) is 12.7. The van der Waals surface area contributed by atoms with E-state index in [4.69, 9.17) is 18.5 Å². The van der Waals surface area contributed by atoms with E-state index >= 15 is 0 Å². The average Bonchev–Trinajstić information content (AvgIpc) is 3.91. The van der Waals surface area contributed by atoms with Gasteiger partial charge in [-0.15, -0.1) is 54.1 Å². The minimum atomic E-state index is -2.36. The molecule has 0 aliphatic rings. The summed E-state index contributed by atoms with van der Waals surface area (Å²) in [6.45, 7) is 13.6. The van der Waals surface area contributed by atoms with Gasteiger partial charge in [0.1, 0.15) is 5.58 Å². The van der Waals surface area contributed by atoms with Crippen molar-refractivity contribution in [2.24, 2.45) is 0 Å². The summed E-state index contributed by atoms with van der Waals surface area (Å²) in [7, 11) is -1.23. The first kappa shape index (κ1) is 41.0. The van der Waals surface area contributed by atoms with Crippen molar-refractivity contribution in [3.8, 4) is 39.5 Å². The van der Waals surface area contributed by atoms with Crippen LogP contribution in [0.2, 0.25) is 19.6 Å². The quantitative estimate of drug-likeness (QED) is 0.0907. The second-order valence-corrected chi connectivity index (χ2v) is 23.5. The van der Waals surface area contributed by atoms with Crippen LogP contribution in [0.5, 0.6) is 0 Å². The topological polar surface area (TPSA) is 56.7 Å². The number of aryl methyl sites for hydroxylation is 1. The Labute approximate surface area is 406 Å². The number of aromatic nitrogens is 4. The number of para-hydroxylation sites is 2. The summed E-state index contributed by atoms with van der Waals surface area (Å²) in [5.41, 5.74) is 12.8. The summed E-state index contributed by atoms with van der Waals surface area (Å²) in [4.78, 5) is 14.5. The van der Waals surface area contributed by atoms with Crippen LogP contribution in [0.4, 0.5) is 0 Å². The first-order chi connectivity index (χ1) is 32.7. The molecule has 0 unspecified atom stereocenters. The monoisotopic (exact) mass is 1060 g/mol. The van der Waals surface area contributed by atoms with Crippen LogP contribution in [0.15, 0.2) is 162 Å². The second kappa shape index (κ2) is 18.1. The largest absolute Gasteiger partial charge is 0.501 e. The van der Waals surface area contributed by atoms with Crippen LogP contribution in [-0.2, 0) is 20.1 Å². The number of pyridine rings is 2. The van der Waals surface area contributed by atoms with Crippen molar-refractivity contribution in [1.82, 2.24) is 19.5 Å². The maximum atomic E-state index is 8.23. The van der Waals surface area contributed by atoms with Gasteiger partial charge >= 0.3 is 0 Å². The van der Waals surface area contributed by atoms with Gasteiger partial charge in [-0.2, -0.15) is 0 Å². The van der Waals surface area contributed by atoms with E-state index in [1.165, 1.54) is 27.4 Å². The molecule has 66 heavy (non-hydrogen) atoms. The zero-order valence-electron chi connectivity index (χ0n) is 41.2. The van der Waals surface area contributed by atoms with Crippen LogP contribution in [0, 0.1) is 19.0 Å². The Morgan fingerprint density at radius 2 is 1.33 bits per heavy atom. The molecule has 5 nitrogen and oxygen atoms in total. The van der Waals surface area contributed by atoms with Crippen molar-refractivity contribution in [2.75, 3.05) is 0 Å². The number of rotatable bonds is 7. The predicted molar refractivity (Wildman–Crippen MR) is 275 cm³/mol. The zero-order valence-corrected chi connectivity index (χ0v) is 41.6. The summed E-state index contributed by atoms with van der Waals surface area (Å²) in [6, 6.07) is 57.9. The molecular weight excluding hydrogens is 1000 g/mol. The molecule has 0 fully saturated rings. The average molecular weight is 1060 g/mol. The Bertz CT molecular complexity index is 3620. The number of benzene rings is 7. The SMILES string of the molecule is C[Si](C)(C)c1ccc(-c2[c-]cccc2)nc1.[2H]C([2H])([2H])c1nc2cc3c(cc2c2ccccc12)oc1c(-c2nc4ccccc4n2-c2c(C(C)C)cc(-c4ccccc4)cc2C(C)C)[c-]ccc13.[Ir]. The number of hydrogen-bond acceptors (Lipinski definition) is 4. The number of nitrogens with zero attached hydrogens (tertiary/aromatic N) is 4. The molecule has 0 saturated carbocycles. The third-order valence-electron chi connectivity index (χ3n) is 12.4. The van der Waals surface area contributed by atoms with Crippen molar-refractivity contribution in [3.05, 3.63) is 187 Å². The van der Waals surface area contributed by atoms with Crippen molar-refractivity contribution < 1.29 is 28.6 Å². The molecule has 329 valence electrons. The number of hydrogen-bond donors (Lipinski definition) is 0. The van der Waals surface area contributed by atoms with Gasteiger partial charge in [0.05, 0.1) is 36.0 Å². The maximum absolute atomic E-state index is 8.23. The van der Waals surface area contributed by atoms with E-state index in [0.717, 1.165) is 60.9 Å². The Kier molecular flexibility index (Phi) is 11.2. The van der Waals surface area contributed by atoms with E-state index in [1.54, 1.807) is 0 Å². The Hall–Kier alpha value is -6.50. The van der Waals surface area contributed by atoms with Crippen molar-refractivity contribution in [1.29, 1.82) is 0 Å². The maximum Gasteiger partial charge on any atom is 0.121 e. The van der Waals surface area contributed by atoms with E-state index in [2.05, 4.69) is 142 Å². The van der Waals surface area contributed by atoms with E-state index in [0.29, 0.717) is 22.1 Å². The predicted octanol–water partition coefficient (Wildman–Crippen LogP) is 15.4. The van der Waals surface area contributed by atoms with Gasteiger partial charge in [0.25, 0.3) is 0 Å².